The van der Waals surface area contributed by atoms with Crippen molar-refractivity contribution in [1.82, 2.24) is 10.2 Å². The van der Waals surface area contributed by atoms with Gasteiger partial charge in [-0.25, -0.2) is 9.69 Å². The fourth-order valence-corrected chi connectivity index (χ4v) is 2.78. The molecule has 1 N–H and O–H groups in total. The predicted molar refractivity (Wildman–Crippen MR) is 62.9 cm³/mol. The molecule has 4 nitrogen and oxygen atoms in total. The highest BCUT2D eigenvalue weighted by molar-refractivity contribution is 8.00. The lowest BCUT2D eigenvalue weighted by atomic mass is 10.2. The molecular formula is C11H12N2O2S. The summed E-state index contributed by atoms with van der Waals surface area (Å²) in [5.74, 6) is 0.214. The highest BCUT2D eigenvalue weighted by Crippen LogP contribution is 2.38. The monoisotopic (exact) mass is 236 g/mol. The van der Waals surface area contributed by atoms with Crippen LogP contribution in [0, 0.1) is 0 Å². The summed E-state index contributed by atoms with van der Waals surface area (Å²) < 4.78 is 0. The van der Waals surface area contributed by atoms with E-state index in [1.165, 1.54) is 23.7 Å². The number of hydrogen-bond acceptors (Lipinski definition) is 3. The maximum absolute atomic E-state index is 11.6. The van der Waals surface area contributed by atoms with Crippen LogP contribution < -0.4 is 5.32 Å². The zero-order valence-corrected chi connectivity index (χ0v) is 9.66. The van der Waals surface area contributed by atoms with Gasteiger partial charge in [-0.2, -0.15) is 0 Å². The quantitative estimate of drug-likeness (QED) is 0.805. The molecule has 1 unspecified atom stereocenters. The third-order valence-corrected chi connectivity index (χ3v) is 3.60. The minimum atomic E-state index is -0.344. The van der Waals surface area contributed by atoms with Gasteiger partial charge in [0.05, 0.1) is 5.75 Å². The average molecular weight is 236 g/mol. The van der Waals surface area contributed by atoms with Gasteiger partial charge in [0.2, 0.25) is 5.91 Å². The first-order valence-corrected chi connectivity index (χ1v) is 5.99. The molecule has 1 atom stereocenters. The summed E-state index contributed by atoms with van der Waals surface area (Å²) in [6, 6.07) is 9.22. The summed E-state index contributed by atoms with van der Waals surface area (Å²) in [6.07, 6.45) is 0. The molecule has 1 heterocycles. The van der Waals surface area contributed by atoms with Gasteiger partial charge in [-0.05, 0) is 5.56 Å². The molecule has 1 aromatic carbocycles. The van der Waals surface area contributed by atoms with Crippen molar-refractivity contribution in [3.63, 3.8) is 0 Å². The molecule has 5 heteroatoms. The normalized spacial score (nSPS) is 19.9. The Morgan fingerprint density at radius 2 is 2.12 bits per heavy atom. The van der Waals surface area contributed by atoms with E-state index in [9.17, 15) is 9.59 Å². The number of rotatable bonds is 1. The number of nitrogens with one attached hydrogen (secondary N) is 1. The van der Waals surface area contributed by atoms with E-state index in [0.717, 1.165) is 5.56 Å². The third-order valence-electron chi connectivity index (χ3n) is 2.39. The smallest absolute Gasteiger partial charge is 0.325 e. The van der Waals surface area contributed by atoms with Crippen LogP contribution in [0.3, 0.4) is 0 Å². The largest absolute Gasteiger partial charge is 0.341 e. The molecule has 2 rings (SSSR count). The van der Waals surface area contributed by atoms with E-state index < -0.39 is 0 Å². The van der Waals surface area contributed by atoms with Crippen molar-refractivity contribution in [3.8, 4) is 0 Å². The summed E-state index contributed by atoms with van der Waals surface area (Å²) in [4.78, 5) is 24.5. The maximum Gasteiger partial charge on any atom is 0.325 e. The fourth-order valence-electron chi connectivity index (χ4n) is 1.63. The van der Waals surface area contributed by atoms with Crippen LogP contribution in [0.4, 0.5) is 4.79 Å². The van der Waals surface area contributed by atoms with Crippen molar-refractivity contribution in [3.05, 3.63) is 35.9 Å². The number of imide groups is 1. The van der Waals surface area contributed by atoms with Crippen molar-refractivity contribution in [2.75, 3.05) is 12.8 Å². The first-order chi connectivity index (χ1) is 7.74. The number of hydrogen-bond donors (Lipinski definition) is 1. The molecule has 1 fully saturated rings. The van der Waals surface area contributed by atoms with Crippen LogP contribution in [0.1, 0.15) is 10.9 Å². The SMILES string of the molecule is CNC(=O)N1C(=O)CSC1c1ccccc1. The van der Waals surface area contributed by atoms with Gasteiger partial charge in [0.25, 0.3) is 0 Å². The Morgan fingerprint density at radius 3 is 2.75 bits per heavy atom. The van der Waals surface area contributed by atoms with Crippen molar-refractivity contribution in [2.45, 2.75) is 5.37 Å². The van der Waals surface area contributed by atoms with E-state index in [-0.39, 0.29) is 17.3 Å². The Morgan fingerprint density at radius 1 is 1.44 bits per heavy atom. The second kappa shape index (κ2) is 4.57. The number of nitrogens with zero attached hydrogens (tertiary/aromatic N) is 1. The minimum Gasteiger partial charge on any atom is -0.341 e. The van der Waals surface area contributed by atoms with Gasteiger partial charge in [-0.15, -0.1) is 11.8 Å². The average Bonchev–Trinajstić information content (AvgIpc) is 2.71. The van der Waals surface area contributed by atoms with Crippen LogP contribution >= 0.6 is 11.8 Å². The minimum absolute atomic E-state index is 0.141. The molecule has 0 aliphatic carbocycles. The molecule has 0 spiro atoms. The molecule has 0 radical (unpaired) electrons. The first kappa shape index (κ1) is 11.0. The Kier molecular flexibility index (Phi) is 3.14. The summed E-state index contributed by atoms with van der Waals surface area (Å²) in [6.45, 7) is 0. The van der Waals surface area contributed by atoms with Gasteiger partial charge in [0, 0.05) is 7.05 Å². The van der Waals surface area contributed by atoms with Crippen LogP contribution in [-0.4, -0.2) is 29.6 Å². The van der Waals surface area contributed by atoms with Gasteiger partial charge in [-0.3, -0.25) is 4.79 Å². The Hall–Kier alpha value is -1.49. The lowest BCUT2D eigenvalue weighted by molar-refractivity contribution is -0.125. The maximum atomic E-state index is 11.6. The predicted octanol–water partition coefficient (Wildman–Crippen LogP) is 1.60. The lowest BCUT2D eigenvalue weighted by Crippen LogP contribution is -2.40. The molecule has 1 saturated heterocycles. The van der Waals surface area contributed by atoms with Gasteiger partial charge in [0.15, 0.2) is 0 Å². The van der Waals surface area contributed by atoms with E-state index in [2.05, 4.69) is 5.32 Å². The van der Waals surface area contributed by atoms with E-state index in [0.29, 0.717) is 5.75 Å². The second-order valence-corrected chi connectivity index (χ2v) is 4.46. The molecule has 1 aromatic rings. The van der Waals surface area contributed by atoms with Crippen LogP contribution in [0.25, 0.3) is 0 Å². The van der Waals surface area contributed by atoms with Crippen molar-refractivity contribution < 1.29 is 9.59 Å². The van der Waals surface area contributed by atoms with Gasteiger partial charge in [-0.1, -0.05) is 30.3 Å². The number of amides is 3. The second-order valence-electron chi connectivity index (χ2n) is 3.39. The Balaban J connectivity index is 2.28. The number of carbonyl (C=O) groups excluding carboxylic acids is 2. The number of carbonyl (C=O) groups is 2. The number of thioether (sulfide) groups is 1. The van der Waals surface area contributed by atoms with Crippen LogP contribution in [0.15, 0.2) is 30.3 Å². The van der Waals surface area contributed by atoms with Gasteiger partial charge < -0.3 is 5.32 Å². The summed E-state index contributed by atoms with van der Waals surface area (Å²) >= 11 is 1.47. The van der Waals surface area contributed by atoms with Crippen LogP contribution in [-0.2, 0) is 4.79 Å². The molecule has 0 bridgehead atoms. The first-order valence-electron chi connectivity index (χ1n) is 4.94. The Bertz CT molecular complexity index is 408. The van der Waals surface area contributed by atoms with Gasteiger partial charge in [0.1, 0.15) is 5.37 Å². The van der Waals surface area contributed by atoms with Crippen LogP contribution in [0.5, 0.6) is 0 Å². The van der Waals surface area contributed by atoms with E-state index in [1.54, 1.807) is 0 Å². The summed E-state index contributed by atoms with van der Waals surface area (Å²) in [5.41, 5.74) is 0.974. The molecule has 16 heavy (non-hydrogen) atoms. The standard InChI is InChI=1S/C11H12N2O2S/c1-12-11(15)13-9(14)7-16-10(13)8-5-3-2-4-6-8/h2-6,10H,7H2,1H3,(H,12,15). The summed E-state index contributed by atoms with van der Waals surface area (Å²) in [5, 5.41) is 2.29. The van der Waals surface area contributed by atoms with Crippen molar-refractivity contribution in [2.24, 2.45) is 0 Å². The Labute approximate surface area is 98.0 Å². The van der Waals surface area contributed by atoms with Crippen molar-refractivity contribution in [1.29, 1.82) is 0 Å². The number of urea groups is 1. The molecule has 84 valence electrons. The molecule has 1 aliphatic rings. The molecular weight excluding hydrogens is 224 g/mol. The molecule has 3 amide bonds. The van der Waals surface area contributed by atoms with Gasteiger partial charge >= 0.3 is 6.03 Å². The number of benzene rings is 1. The highest BCUT2D eigenvalue weighted by Gasteiger charge is 2.36. The lowest BCUT2D eigenvalue weighted by Gasteiger charge is -2.21. The molecule has 0 aromatic heterocycles. The topological polar surface area (TPSA) is 49.4 Å². The van der Waals surface area contributed by atoms with Crippen LogP contribution in [0.2, 0.25) is 0 Å². The van der Waals surface area contributed by atoms with E-state index in [4.69, 9.17) is 0 Å². The zero-order valence-electron chi connectivity index (χ0n) is 8.84. The van der Waals surface area contributed by atoms with Crippen molar-refractivity contribution >= 4 is 23.7 Å². The molecule has 1 aliphatic heterocycles. The highest BCUT2D eigenvalue weighted by atomic mass is 32.2. The van der Waals surface area contributed by atoms with E-state index >= 15 is 0 Å². The third kappa shape index (κ3) is 1.90. The molecule has 0 saturated carbocycles. The summed E-state index contributed by atoms with van der Waals surface area (Å²) in [7, 11) is 1.53. The fraction of sp³-hybridized carbons (Fsp3) is 0.273. The van der Waals surface area contributed by atoms with E-state index in [1.807, 2.05) is 30.3 Å². The zero-order chi connectivity index (χ0) is 11.5.